The van der Waals surface area contributed by atoms with Crippen LogP contribution in [0.25, 0.3) is 5.65 Å². The highest BCUT2D eigenvalue weighted by atomic mass is 32.2. The second-order valence-electron chi connectivity index (χ2n) is 5.52. The highest BCUT2D eigenvalue weighted by Gasteiger charge is 2.29. The molecule has 1 saturated carbocycles. The summed E-state index contributed by atoms with van der Waals surface area (Å²) in [7, 11) is 0. The number of fused-ring (bicyclic) bond motifs is 1. The lowest BCUT2D eigenvalue weighted by Crippen LogP contribution is -2.04. The van der Waals surface area contributed by atoms with Crippen molar-refractivity contribution in [3.8, 4) is 0 Å². The van der Waals surface area contributed by atoms with Gasteiger partial charge in [0.1, 0.15) is 5.03 Å². The second-order valence-corrected chi connectivity index (χ2v) is 6.51. The molecule has 0 bridgehead atoms. The number of rotatable bonds is 4. The Morgan fingerprint density at radius 2 is 2.14 bits per heavy atom. The molecule has 0 radical (unpaired) electrons. The molecule has 3 aromatic rings. The summed E-state index contributed by atoms with van der Waals surface area (Å²) in [5.74, 6) is 0.474. The van der Waals surface area contributed by atoms with Gasteiger partial charge >= 0.3 is 0 Å². The Hall–Kier alpha value is -1.96. The van der Waals surface area contributed by atoms with Gasteiger partial charge in [-0.15, -0.1) is 14.8 Å². The number of nitrogens with zero attached hydrogens (tertiary/aromatic N) is 7. The summed E-state index contributed by atoms with van der Waals surface area (Å²) in [5.41, 5.74) is 1.94. The molecule has 1 fully saturated rings. The van der Waals surface area contributed by atoms with E-state index >= 15 is 0 Å². The van der Waals surface area contributed by atoms with Crippen molar-refractivity contribution in [3.05, 3.63) is 24.0 Å². The summed E-state index contributed by atoms with van der Waals surface area (Å²) in [6, 6.07) is 4.39. The van der Waals surface area contributed by atoms with Gasteiger partial charge < -0.3 is 4.57 Å². The van der Waals surface area contributed by atoms with Crippen LogP contribution < -0.4 is 0 Å². The van der Waals surface area contributed by atoms with Gasteiger partial charge in [-0.1, -0.05) is 13.8 Å². The molecular weight excluding hydrogens is 286 g/mol. The Balaban J connectivity index is 1.70. The number of tetrazole rings is 1. The molecule has 0 unspecified atom stereocenters. The van der Waals surface area contributed by atoms with Crippen LogP contribution in [-0.4, -0.2) is 34.8 Å². The summed E-state index contributed by atoms with van der Waals surface area (Å²) in [5, 5.41) is 17.5. The first-order chi connectivity index (χ1) is 10.2. The summed E-state index contributed by atoms with van der Waals surface area (Å²) >= 11 is 1.56. The van der Waals surface area contributed by atoms with Gasteiger partial charge in [-0.25, -0.2) is 4.98 Å². The maximum Gasteiger partial charge on any atom is 0.200 e. The van der Waals surface area contributed by atoms with Crippen molar-refractivity contribution in [2.45, 2.75) is 48.8 Å². The van der Waals surface area contributed by atoms with Gasteiger partial charge in [-0.3, -0.25) is 0 Å². The Bertz CT molecular complexity index is 787. The number of imidazole rings is 1. The Kier molecular flexibility index (Phi) is 2.91. The fraction of sp³-hybridized carbons (Fsp3) is 0.462. The molecule has 0 N–H and O–H groups in total. The lowest BCUT2D eigenvalue weighted by atomic mass is 10.1. The van der Waals surface area contributed by atoms with E-state index in [0.29, 0.717) is 17.6 Å². The molecule has 0 atom stereocenters. The molecular formula is C13H15N7S. The first kappa shape index (κ1) is 12.8. The van der Waals surface area contributed by atoms with Crippen LogP contribution in [0.2, 0.25) is 0 Å². The van der Waals surface area contributed by atoms with Crippen LogP contribution in [0.1, 0.15) is 44.3 Å². The molecule has 0 amide bonds. The molecule has 4 rings (SSSR count). The van der Waals surface area contributed by atoms with E-state index in [9.17, 15) is 0 Å². The van der Waals surface area contributed by atoms with Crippen molar-refractivity contribution in [3.63, 3.8) is 0 Å². The summed E-state index contributed by atoms with van der Waals surface area (Å²) in [4.78, 5) is 4.59. The molecule has 3 aromatic heterocycles. The summed E-state index contributed by atoms with van der Waals surface area (Å²) in [6.07, 6.45) is 4.47. The molecule has 7 nitrogen and oxygen atoms in total. The van der Waals surface area contributed by atoms with Crippen LogP contribution in [0.3, 0.4) is 0 Å². The van der Waals surface area contributed by atoms with Crippen molar-refractivity contribution in [2.24, 2.45) is 0 Å². The number of aromatic nitrogens is 7. The van der Waals surface area contributed by atoms with Crippen LogP contribution in [0.15, 0.2) is 28.5 Å². The zero-order chi connectivity index (χ0) is 14.4. The smallest absolute Gasteiger partial charge is 0.200 e. The molecule has 21 heavy (non-hydrogen) atoms. The van der Waals surface area contributed by atoms with E-state index in [4.69, 9.17) is 0 Å². The highest BCUT2D eigenvalue weighted by Crippen LogP contribution is 2.41. The quantitative estimate of drug-likeness (QED) is 0.736. The largest absolute Gasteiger partial charge is 0.320 e. The minimum atomic E-state index is 0.474. The zero-order valence-electron chi connectivity index (χ0n) is 11.8. The first-order valence-electron chi connectivity index (χ1n) is 7.03. The molecule has 1 aliphatic carbocycles. The van der Waals surface area contributed by atoms with Crippen LogP contribution in [-0.2, 0) is 0 Å². The molecule has 0 saturated heterocycles. The van der Waals surface area contributed by atoms with Crippen LogP contribution in [0, 0.1) is 0 Å². The summed E-state index contributed by atoms with van der Waals surface area (Å²) < 4.78 is 3.80. The molecule has 0 aromatic carbocycles. The molecule has 1 aliphatic rings. The average Bonchev–Trinajstić information content (AvgIpc) is 3.04. The van der Waals surface area contributed by atoms with Crippen molar-refractivity contribution in [1.82, 2.24) is 34.8 Å². The monoisotopic (exact) mass is 301 g/mol. The normalized spacial score (nSPS) is 15.2. The van der Waals surface area contributed by atoms with E-state index in [1.54, 1.807) is 11.8 Å². The van der Waals surface area contributed by atoms with Gasteiger partial charge in [0.15, 0.2) is 10.8 Å². The second kappa shape index (κ2) is 4.80. The van der Waals surface area contributed by atoms with Crippen molar-refractivity contribution in [2.75, 3.05) is 0 Å². The average molecular weight is 301 g/mol. The van der Waals surface area contributed by atoms with Crippen LogP contribution >= 0.6 is 11.8 Å². The molecule has 0 spiro atoms. The third kappa shape index (κ3) is 2.29. The number of hydrogen-bond acceptors (Lipinski definition) is 6. The lowest BCUT2D eigenvalue weighted by molar-refractivity contribution is 0.604. The van der Waals surface area contributed by atoms with E-state index < -0.39 is 0 Å². The van der Waals surface area contributed by atoms with E-state index in [2.05, 4.69) is 44.0 Å². The van der Waals surface area contributed by atoms with Gasteiger partial charge in [-0.2, -0.15) is 0 Å². The zero-order valence-corrected chi connectivity index (χ0v) is 12.7. The van der Waals surface area contributed by atoms with E-state index in [-0.39, 0.29) is 0 Å². The van der Waals surface area contributed by atoms with Crippen LogP contribution in [0.5, 0.6) is 0 Å². The van der Waals surface area contributed by atoms with Gasteiger partial charge in [0.05, 0.1) is 0 Å². The van der Waals surface area contributed by atoms with E-state index in [1.165, 1.54) is 23.2 Å². The molecule has 0 aliphatic heterocycles. The Labute approximate surface area is 125 Å². The van der Waals surface area contributed by atoms with Gasteiger partial charge in [0.2, 0.25) is 0 Å². The predicted octanol–water partition coefficient (Wildman–Crippen LogP) is 2.33. The summed E-state index contributed by atoms with van der Waals surface area (Å²) in [6.45, 7) is 4.41. The lowest BCUT2D eigenvalue weighted by Gasteiger charge is -2.12. The standard InChI is InChI=1S/C13H15N7S/c1-8(2)10-7-14-13(19(10)9-3-4-9)21-12-6-5-11-15-17-18-20(11)16-12/h5-9H,3-4H2,1-2H3. The minimum Gasteiger partial charge on any atom is -0.320 e. The Morgan fingerprint density at radius 1 is 1.29 bits per heavy atom. The van der Waals surface area contributed by atoms with Crippen molar-refractivity contribution >= 4 is 17.4 Å². The maximum atomic E-state index is 4.59. The SMILES string of the molecule is CC(C)c1cnc(Sc2ccc3nnnn3n2)n1C1CC1. The van der Waals surface area contributed by atoms with Gasteiger partial charge in [0, 0.05) is 17.9 Å². The van der Waals surface area contributed by atoms with Gasteiger partial charge in [-0.05, 0) is 53.1 Å². The molecule has 108 valence electrons. The predicted molar refractivity (Wildman–Crippen MR) is 77.3 cm³/mol. The van der Waals surface area contributed by atoms with Gasteiger partial charge in [0.25, 0.3) is 0 Å². The van der Waals surface area contributed by atoms with E-state index in [0.717, 1.165) is 10.2 Å². The molecule has 3 heterocycles. The topological polar surface area (TPSA) is 73.8 Å². The Morgan fingerprint density at radius 3 is 2.90 bits per heavy atom. The van der Waals surface area contributed by atoms with E-state index in [1.807, 2.05) is 18.3 Å². The molecule has 8 heteroatoms. The third-order valence-corrected chi connectivity index (χ3v) is 4.45. The number of hydrogen-bond donors (Lipinski definition) is 0. The van der Waals surface area contributed by atoms with Crippen LogP contribution in [0.4, 0.5) is 0 Å². The highest BCUT2D eigenvalue weighted by molar-refractivity contribution is 7.99. The van der Waals surface area contributed by atoms with Crippen molar-refractivity contribution in [1.29, 1.82) is 0 Å². The fourth-order valence-electron chi connectivity index (χ4n) is 2.34. The maximum absolute atomic E-state index is 4.59. The fourth-order valence-corrected chi connectivity index (χ4v) is 3.24. The first-order valence-corrected chi connectivity index (χ1v) is 7.84. The van der Waals surface area contributed by atoms with Crippen molar-refractivity contribution < 1.29 is 0 Å². The third-order valence-electron chi connectivity index (χ3n) is 3.54. The minimum absolute atomic E-state index is 0.474.